The van der Waals surface area contributed by atoms with E-state index in [0.717, 1.165) is 36.1 Å². The smallest absolute Gasteiger partial charge is 0.335 e. The number of benzene rings is 1. The zero-order valence-corrected chi connectivity index (χ0v) is 19.3. The summed E-state index contributed by atoms with van der Waals surface area (Å²) in [6, 6.07) is 6.90. The fourth-order valence-electron chi connectivity index (χ4n) is 4.21. The number of nitrogens with zero attached hydrogens (tertiary/aromatic N) is 1. The first-order valence-electron chi connectivity index (χ1n) is 11.6. The number of carbonyl (C=O) groups is 2. The molecule has 5 heteroatoms. The zero-order chi connectivity index (χ0) is 22.3. The van der Waals surface area contributed by atoms with Crippen LogP contribution in [0.4, 0.5) is 0 Å². The molecule has 2 N–H and O–H groups in total. The molecule has 2 aliphatic rings. The molecule has 0 unspecified atom stereocenters. The predicted octanol–water partition coefficient (Wildman–Crippen LogP) is 6.21. The molecule has 1 amide bonds. The van der Waals surface area contributed by atoms with E-state index in [1.54, 1.807) is 18.2 Å². The molecule has 0 atom stereocenters. The first-order chi connectivity index (χ1) is 14.4. The number of amides is 1. The van der Waals surface area contributed by atoms with Gasteiger partial charge in [0.2, 0.25) is 0 Å². The number of carboxylic acids is 1. The molecule has 2 aromatic rings. The Kier molecular flexibility index (Phi) is 8.51. The van der Waals surface area contributed by atoms with E-state index in [4.69, 9.17) is 5.11 Å². The fourth-order valence-corrected chi connectivity index (χ4v) is 4.21. The summed E-state index contributed by atoms with van der Waals surface area (Å²) in [5.41, 5.74) is 1.71. The third kappa shape index (κ3) is 5.05. The van der Waals surface area contributed by atoms with E-state index in [9.17, 15) is 9.59 Å². The molecule has 1 aliphatic carbocycles. The van der Waals surface area contributed by atoms with Gasteiger partial charge in [-0.25, -0.2) is 4.79 Å². The summed E-state index contributed by atoms with van der Waals surface area (Å²) in [6.07, 6.45) is 8.81. The average Bonchev–Trinajstić information content (AvgIpc) is 3.09. The number of unbranched alkanes of at least 4 members (excludes halogenated alkanes) is 2. The Morgan fingerprint density at radius 3 is 2.43 bits per heavy atom. The molecule has 0 bridgehead atoms. The molecule has 1 spiro atoms. The predicted molar refractivity (Wildman–Crippen MR) is 123 cm³/mol. The molecule has 1 aromatic carbocycles. The maximum absolute atomic E-state index is 12.1. The third-order valence-electron chi connectivity index (χ3n) is 6.01. The maximum Gasteiger partial charge on any atom is 0.335 e. The van der Waals surface area contributed by atoms with E-state index in [2.05, 4.69) is 30.7 Å². The minimum atomic E-state index is -0.939. The van der Waals surface area contributed by atoms with Crippen LogP contribution in [-0.2, 0) is 5.54 Å². The van der Waals surface area contributed by atoms with Gasteiger partial charge in [-0.2, -0.15) is 0 Å². The zero-order valence-electron chi connectivity index (χ0n) is 19.3. The summed E-state index contributed by atoms with van der Waals surface area (Å²) in [6.45, 7) is 11.5. The quantitative estimate of drug-likeness (QED) is 0.571. The average molecular weight is 415 g/mol. The Morgan fingerprint density at radius 1 is 1.20 bits per heavy atom. The van der Waals surface area contributed by atoms with Gasteiger partial charge in [0.15, 0.2) is 0 Å². The van der Waals surface area contributed by atoms with Crippen LogP contribution in [0.2, 0.25) is 0 Å². The minimum Gasteiger partial charge on any atom is -0.478 e. The van der Waals surface area contributed by atoms with E-state index in [-0.39, 0.29) is 17.0 Å². The van der Waals surface area contributed by atoms with Crippen LogP contribution in [0.5, 0.6) is 0 Å². The monoisotopic (exact) mass is 414 g/mol. The van der Waals surface area contributed by atoms with Gasteiger partial charge in [0.05, 0.1) is 16.6 Å². The highest BCUT2D eigenvalue weighted by Crippen LogP contribution is 2.44. The van der Waals surface area contributed by atoms with Crippen molar-refractivity contribution in [2.45, 2.75) is 85.1 Å². The van der Waals surface area contributed by atoms with Crippen LogP contribution in [0.1, 0.15) is 100 Å². The van der Waals surface area contributed by atoms with Gasteiger partial charge in [-0.05, 0) is 43.4 Å². The number of carboxylic acid groups (broad SMARTS) is 1. The van der Waals surface area contributed by atoms with Crippen molar-refractivity contribution < 1.29 is 14.7 Å². The topological polar surface area (TPSA) is 71.3 Å². The van der Waals surface area contributed by atoms with Crippen LogP contribution in [0.3, 0.4) is 0 Å². The van der Waals surface area contributed by atoms with E-state index < -0.39 is 5.97 Å². The highest BCUT2D eigenvalue weighted by molar-refractivity contribution is 6.01. The standard InChI is InChI=1S/C15H14N2O3.C8H18.C2H6/c18-13-12-6-9-2-3-10(14(19)20)7-11(9)17(12)15(8-16-13)4-1-5-15;1-4-5-6-7-8(2)3;1-2/h2-3,6-7H,1,4-5,8H2,(H,16,18)(H,19,20);8H,4-7H2,1-3H3;1-2H3. The molecule has 1 fully saturated rings. The number of hydrogen-bond donors (Lipinski definition) is 2. The largest absolute Gasteiger partial charge is 0.478 e. The molecule has 0 radical (unpaired) electrons. The van der Waals surface area contributed by atoms with Gasteiger partial charge in [0.25, 0.3) is 5.91 Å². The molecule has 30 heavy (non-hydrogen) atoms. The van der Waals surface area contributed by atoms with Crippen molar-refractivity contribution in [2.75, 3.05) is 6.54 Å². The van der Waals surface area contributed by atoms with Crippen LogP contribution in [0, 0.1) is 5.92 Å². The second kappa shape index (κ2) is 10.6. The number of aromatic nitrogens is 1. The molecule has 0 saturated heterocycles. The van der Waals surface area contributed by atoms with Crippen molar-refractivity contribution >= 4 is 22.8 Å². The van der Waals surface area contributed by atoms with Crippen LogP contribution < -0.4 is 5.32 Å². The van der Waals surface area contributed by atoms with Gasteiger partial charge in [-0.3, -0.25) is 4.79 Å². The molecule has 1 aromatic heterocycles. The third-order valence-corrected chi connectivity index (χ3v) is 6.01. The Morgan fingerprint density at radius 2 is 1.90 bits per heavy atom. The van der Waals surface area contributed by atoms with Gasteiger partial charge in [0.1, 0.15) is 5.69 Å². The van der Waals surface area contributed by atoms with E-state index >= 15 is 0 Å². The van der Waals surface area contributed by atoms with Gasteiger partial charge in [-0.1, -0.05) is 66.4 Å². The van der Waals surface area contributed by atoms with Gasteiger partial charge < -0.3 is 15.0 Å². The van der Waals surface area contributed by atoms with Gasteiger partial charge in [0, 0.05) is 11.9 Å². The van der Waals surface area contributed by atoms with Gasteiger partial charge >= 0.3 is 5.97 Å². The summed E-state index contributed by atoms with van der Waals surface area (Å²) < 4.78 is 2.07. The SMILES string of the molecule is CC.CCCCCC(C)C.O=C(O)c1ccc2cc3n(c2c1)C1(CCC1)CNC3=O. The Labute approximate surface area is 180 Å². The van der Waals surface area contributed by atoms with E-state index in [1.807, 2.05) is 19.9 Å². The number of nitrogens with one attached hydrogen (secondary N) is 1. The number of aromatic carboxylic acids is 1. The molecular weight excluding hydrogens is 376 g/mol. The van der Waals surface area contributed by atoms with Crippen molar-refractivity contribution in [3.63, 3.8) is 0 Å². The summed E-state index contributed by atoms with van der Waals surface area (Å²) in [5, 5.41) is 13.0. The summed E-state index contributed by atoms with van der Waals surface area (Å²) in [4.78, 5) is 23.2. The molecule has 5 nitrogen and oxygen atoms in total. The van der Waals surface area contributed by atoms with Crippen molar-refractivity contribution in [1.82, 2.24) is 9.88 Å². The molecule has 2 heterocycles. The molecular formula is C25H38N2O3. The van der Waals surface area contributed by atoms with Crippen molar-refractivity contribution in [2.24, 2.45) is 5.92 Å². The molecule has 1 saturated carbocycles. The first-order valence-corrected chi connectivity index (χ1v) is 11.6. The summed E-state index contributed by atoms with van der Waals surface area (Å²) in [7, 11) is 0. The highest BCUT2D eigenvalue weighted by atomic mass is 16.4. The normalized spacial score (nSPS) is 16.0. The highest BCUT2D eigenvalue weighted by Gasteiger charge is 2.44. The lowest BCUT2D eigenvalue weighted by atomic mass is 9.75. The second-order valence-electron chi connectivity index (χ2n) is 8.59. The number of rotatable bonds is 5. The van der Waals surface area contributed by atoms with Crippen LogP contribution in [-0.4, -0.2) is 28.1 Å². The number of hydrogen-bond acceptors (Lipinski definition) is 2. The Balaban J connectivity index is 0.000000274. The van der Waals surface area contributed by atoms with Crippen LogP contribution in [0.15, 0.2) is 24.3 Å². The lowest BCUT2D eigenvalue weighted by Gasteiger charge is -2.47. The Hall–Kier alpha value is -2.30. The first kappa shape index (κ1) is 24.0. The van der Waals surface area contributed by atoms with Gasteiger partial charge in [-0.15, -0.1) is 0 Å². The molecule has 1 aliphatic heterocycles. The van der Waals surface area contributed by atoms with Crippen molar-refractivity contribution in [3.05, 3.63) is 35.5 Å². The van der Waals surface area contributed by atoms with E-state index in [1.165, 1.54) is 25.7 Å². The second-order valence-corrected chi connectivity index (χ2v) is 8.59. The Bertz CT molecular complexity index is 863. The minimum absolute atomic E-state index is 0.0535. The van der Waals surface area contributed by atoms with Crippen LogP contribution >= 0.6 is 0 Å². The lowest BCUT2D eigenvalue weighted by Crippen LogP contribution is -2.55. The van der Waals surface area contributed by atoms with Crippen molar-refractivity contribution in [3.8, 4) is 0 Å². The number of fused-ring (bicyclic) bond motifs is 4. The van der Waals surface area contributed by atoms with Crippen molar-refractivity contribution in [1.29, 1.82) is 0 Å². The van der Waals surface area contributed by atoms with E-state index in [0.29, 0.717) is 12.2 Å². The molecule has 4 rings (SSSR count). The lowest BCUT2D eigenvalue weighted by molar-refractivity contribution is 0.0696. The van der Waals surface area contributed by atoms with Crippen LogP contribution in [0.25, 0.3) is 10.9 Å². The number of carbonyl (C=O) groups excluding carboxylic acids is 1. The molecule has 166 valence electrons. The maximum atomic E-state index is 12.1. The summed E-state index contributed by atoms with van der Waals surface area (Å²) in [5.74, 6) is -0.109. The summed E-state index contributed by atoms with van der Waals surface area (Å²) >= 11 is 0. The fraction of sp³-hybridized carbons (Fsp3) is 0.600.